The Labute approximate surface area is 122 Å². The van der Waals surface area contributed by atoms with E-state index in [0.717, 1.165) is 13.1 Å². The van der Waals surface area contributed by atoms with Crippen molar-refractivity contribution in [2.75, 3.05) is 0 Å². The largest absolute Gasteiger partial charge is 0.308 e. The molecule has 1 N–H and O–H groups in total. The van der Waals surface area contributed by atoms with Gasteiger partial charge in [-0.15, -0.1) is 0 Å². The van der Waals surface area contributed by atoms with E-state index >= 15 is 0 Å². The fourth-order valence-corrected chi connectivity index (χ4v) is 2.35. The van der Waals surface area contributed by atoms with Gasteiger partial charge in [0.25, 0.3) is 0 Å². The van der Waals surface area contributed by atoms with Crippen molar-refractivity contribution >= 4 is 0 Å². The molecule has 0 aliphatic rings. The van der Waals surface area contributed by atoms with Gasteiger partial charge in [0.2, 0.25) is 0 Å². The van der Waals surface area contributed by atoms with Gasteiger partial charge in [-0.1, -0.05) is 50.6 Å². The highest BCUT2D eigenvalue weighted by Gasteiger charge is 2.21. The second kappa shape index (κ2) is 5.80. The molecule has 108 valence electrons. The first kappa shape index (κ1) is 14.8. The van der Waals surface area contributed by atoms with E-state index in [2.05, 4.69) is 68.6 Å². The molecule has 0 spiro atoms. The summed E-state index contributed by atoms with van der Waals surface area (Å²) in [6.07, 6.45) is 2.11. The fraction of sp³-hybridized carbons (Fsp3) is 0.471. The Morgan fingerprint density at radius 2 is 1.75 bits per heavy atom. The Hall–Kier alpha value is -1.61. The summed E-state index contributed by atoms with van der Waals surface area (Å²) in [4.78, 5) is 0. The first-order valence-corrected chi connectivity index (χ1v) is 7.15. The van der Waals surface area contributed by atoms with Crippen molar-refractivity contribution < 1.29 is 0 Å². The molecule has 2 rings (SSSR count). The molecule has 0 aliphatic heterocycles. The van der Waals surface area contributed by atoms with Crippen LogP contribution in [0.4, 0.5) is 0 Å². The standard InChI is InChI=1S/C17H25N3/c1-13-6-8-14(9-7-13)10-18-11-15-12-20(5)19-16(15)17(2,3)4/h6-9,12,18H,10-11H2,1-5H3. The van der Waals surface area contributed by atoms with Crippen LogP contribution in [0.25, 0.3) is 0 Å². The van der Waals surface area contributed by atoms with Crippen molar-refractivity contribution in [3.63, 3.8) is 0 Å². The second-order valence-corrected chi connectivity index (χ2v) is 6.52. The van der Waals surface area contributed by atoms with E-state index in [1.54, 1.807) is 0 Å². The van der Waals surface area contributed by atoms with Crippen LogP contribution in [0.2, 0.25) is 0 Å². The molecule has 0 saturated heterocycles. The molecule has 0 fully saturated rings. The molecule has 0 bridgehead atoms. The minimum atomic E-state index is 0.0854. The molecule has 3 nitrogen and oxygen atoms in total. The quantitative estimate of drug-likeness (QED) is 0.924. The predicted molar refractivity (Wildman–Crippen MR) is 83.6 cm³/mol. The molecule has 0 atom stereocenters. The van der Waals surface area contributed by atoms with Crippen LogP contribution in [0.3, 0.4) is 0 Å². The van der Waals surface area contributed by atoms with Crippen LogP contribution < -0.4 is 5.32 Å². The lowest BCUT2D eigenvalue weighted by Gasteiger charge is -2.17. The first-order chi connectivity index (χ1) is 9.36. The Morgan fingerprint density at radius 3 is 2.35 bits per heavy atom. The van der Waals surface area contributed by atoms with Crippen LogP contribution >= 0.6 is 0 Å². The SMILES string of the molecule is Cc1ccc(CNCc2cn(C)nc2C(C)(C)C)cc1. The molecule has 1 aromatic heterocycles. The summed E-state index contributed by atoms with van der Waals surface area (Å²) in [5.74, 6) is 0. The van der Waals surface area contributed by atoms with Crippen molar-refractivity contribution in [2.45, 2.75) is 46.2 Å². The number of aryl methyl sites for hydroxylation is 2. The summed E-state index contributed by atoms with van der Waals surface area (Å²) in [5, 5.41) is 8.11. The van der Waals surface area contributed by atoms with Gasteiger partial charge in [-0.3, -0.25) is 4.68 Å². The lowest BCUT2D eigenvalue weighted by molar-refractivity contribution is 0.543. The zero-order chi connectivity index (χ0) is 14.8. The van der Waals surface area contributed by atoms with Crippen LogP contribution in [0, 0.1) is 6.92 Å². The number of benzene rings is 1. The van der Waals surface area contributed by atoms with Crippen molar-refractivity contribution in [3.8, 4) is 0 Å². The third-order valence-electron chi connectivity index (χ3n) is 3.38. The molecular weight excluding hydrogens is 246 g/mol. The van der Waals surface area contributed by atoms with Crippen LogP contribution in [-0.2, 0) is 25.6 Å². The minimum absolute atomic E-state index is 0.0854. The molecule has 20 heavy (non-hydrogen) atoms. The van der Waals surface area contributed by atoms with Crippen molar-refractivity contribution in [2.24, 2.45) is 7.05 Å². The van der Waals surface area contributed by atoms with Crippen LogP contribution in [0.15, 0.2) is 30.5 Å². The Kier molecular flexibility index (Phi) is 4.29. The number of nitrogens with one attached hydrogen (secondary N) is 1. The predicted octanol–water partition coefficient (Wildman–Crippen LogP) is 3.32. The number of nitrogens with zero attached hydrogens (tertiary/aromatic N) is 2. The van der Waals surface area contributed by atoms with E-state index in [9.17, 15) is 0 Å². The number of hydrogen-bond acceptors (Lipinski definition) is 2. The molecule has 3 heteroatoms. The highest BCUT2D eigenvalue weighted by Crippen LogP contribution is 2.24. The first-order valence-electron chi connectivity index (χ1n) is 7.15. The third kappa shape index (κ3) is 3.70. The van der Waals surface area contributed by atoms with Crippen LogP contribution in [0.1, 0.15) is 43.2 Å². The zero-order valence-corrected chi connectivity index (χ0v) is 13.2. The molecule has 0 amide bonds. The van der Waals surface area contributed by atoms with Gasteiger partial charge >= 0.3 is 0 Å². The monoisotopic (exact) mass is 271 g/mol. The molecule has 0 unspecified atom stereocenters. The average molecular weight is 271 g/mol. The number of rotatable bonds is 4. The van der Waals surface area contributed by atoms with E-state index in [1.165, 1.54) is 22.4 Å². The number of hydrogen-bond donors (Lipinski definition) is 1. The van der Waals surface area contributed by atoms with Crippen LogP contribution in [-0.4, -0.2) is 9.78 Å². The molecular formula is C17H25N3. The van der Waals surface area contributed by atoms with Gasteiger partial charge in [0.1, 0.15) is 0 Å². The maximum Gasteiger partial charge on any atom is 0.0722 e. The molecule has 1 aromatic carbocycles. The number of aromatic nitrogens is 2. The summed E-state index contributed by atoms with van der Waals surface area (Å²) in [5.41, 5.74) is 5.17. The van der Waals surface area contributed by atoms with E-state index < -0.39 is 0 Å². The zero-order valence-electron chi connectivity index (χ0n) is 13.2. The smallest absolute Gasteiger partial charge is 0.0722 e. The topological polar surface area (TPSA) is 29.9 Å². The molecule has 0 aliphatic carbocycles. The fourth-order valence-electron chi connectivity index (χ4n) is 2.35. The summed E-state index contributed by atoms with van der Waals surface area (Å²) >= 11 is 0. The van der Waals surface area contributed by atoms with Crippen molar-refractivity contribution in [1.82, 2.24) is 15.1 Å². The maximum absolute atomic E-state index is 4.60. The average Bonchev–Trinajstić information content (AvgIpc) is 2.73. The summed E-state index contributed by atoms with van der Waals surface area (Å²) in [7, 11) is 1.98. The van der Waals surface area contributed by atoms with Crippen LogP contribution in [0.5, 0.6) is 0 Å². The lowest BCUT2D eigenvalue weighted by Crippen LogP contribution is -2.19. The highest BCUT2D eigenvalue weighted by atomic mass is 15.3. The van der Waals surface area contributed by atoms with Gasteiger partial charge in [-0.05, 0) is 12.5 Å². The Balaban J connectivity index is 1.99. The Bertz CT molecular complexity index is 559. The minimum Gasteiger partial charge on any atom is -0.308 e. The Morgan fingerprint density at radius 1 is 1.10 bits per heavy atom. The van der Waals surface area contributed by atoms with E-state index in [-0.39, 0.29) is 5.41 Å². The van der Waals surface area contributed by atoms with E-state index in [4.69, 9.17) is 0 Å². The van der Waals surface area contributed by atoms with Gasteiger partial charge < -0.3 is 5.32 Å². The summed E-state index contributed by atoms with van der Waals surface area (Å²) < 4.78 is 1.91. The van der Waals surface area contributed by atoms with Gasteiger partial charge in [-0.2, -0.15) is 5.10 Å². The summed E-state index contributed by atoms with van der Waals surface area (Å²) in [6.45, 7) is 10.5. The third-order valence-corrected chi connectivity index (χ3v) is 3.38. The summed E-state index contributed by atoms with van der Waals surface area (Å²) in [6, 6.07) is 8.66. The van der Waals surface area contributed by atoms with E-state index in [1.807, 2.05) is 11.7 Å². The van der Waals surface area contributed by atoms with Gasteiger partial charge in [0.05, 0.1) is 5.69 Å². The van der Waals surface area contributed by atoms with Gasteiger partial charge in [0, 0.05) is 37.3 Å². The molecule has 0 saturated carbocycles. The van der Waals surface area contributed by atoms with Gasteiger partial charge in [-0.25, -0.2) is 0 Å². The molecule has 2 aromatic rings. The second-order valence-electron chi connectivity index (χ2n) is 6.52. The highest BCUT2D eigenvalue weighted by molar-refractivity contribution is 5.24. The van der Waals surface area contributed by atoms with E-state index in [0.29, 0.717) is 0 Å². The maximum atomic E-state index is 4.60. The molecule has 0 radical (unpaired) electrons. The normalized spacial score (nSPS) is 11.8. The van der Waals surface area contributed by atoms with Crippen molar-refractivity contribution in [3.05, 3.63) is 52.8 Å². The van der Waals surface area contributed by atoms with Crippen molar-refractivity contribution in [1.29, 1.82) is 0 Å². The molecule has 1 heterocycles. The lowest BCUT2D eigenvalue weighted by atomic mass is 9.89. The van der Waals surface area contributed by atoms with Gasteiger partial charge in [0.15, 0.2) is 0 Å².